The first-order chi connectivity index (χ1) is 12.9. The molecule has 1 aromatic rings. The molecule has 1 N–H and O–H groups in total. The minimum absolute atomic E-state index is 0.0000199. The zero-order chi connectivity index (χ0) is 20.9. The Kier molecular flexibility index (Phi) is 5.64. The molecule has 28 heavy (non-hydrogen) atoms. The van der Waals surface area contributed by atoms with Crippen LogP contribution in [0.3, 0.4) is 0 Å². The summed E-state index contributed by atoms with van der Waals surface area (Å²) in [7, 11) is 0. The van der Waals surface area contributed by atoms with Gasteiger partial charge in [-0.1, -0.05) is 0 Å². The van der Waals surface area contributed by atoms with Gasteiger partial charge >= 0.3 is 5.51 Å². The summed E-state index contributed by atoms with van der Waals surface area (Å²) in [4.78, 5) is 16.4. The van der Waals surface area contributed by atoms with E-state index >= 15 is 0 Å². The molecule has 0 radical (unpaired) electrons. The highest BCUT2D eigenvalue weighted by Crippen LogP contribution is 2.46. The van der Waals surface area contributed by atoms with Crippen molar-refractivity contribution in [2.45, 2.75) is 61.9 Å². The second kappa shape index (κ2) is 7.42. The highest BCUT2D eigenvalue weighted by molar-refractivity contribution is 8.00. The molecule has 2 heterocycles. The lowest BCUT2D eigenvalue weighted by Gasteiger charge is -2.48. The van der Waals surface area contributed by atoms with Gasteiger partial charge < -0.3 is 14.7 Å². The number of nitrogens with zero attached hydrogens (tertiary/aromatic N) is 2. The summed E-state index contributed by atoms with van der Waals surface area (Å²) < 4.78 is 44.3. The number of carbonyl (C=O) groups excluding carboxylic acids is 1. The SMILES string of the molecule is CC(C)N1CCN(C2c3cc(SC(F)(F)F)ccc3OC(C)(C)C2O)C(=O)C1. The molecule has 5 nitrogen and oxygen atoms in total. The Hall–Kier alpha value is -1.45. The molecule has 2 atom stereocenters. The van der Waals surface area contributed by atoms with Crippen LogP contribution in [0.1, 0.15) is 39.3 Å². The average Bonchev–Trinajstić information content (AvgIpc) is 2.55. The molecule has 1 aromatic carbocycles. The van der Waals surface area contributed by atoms with E-state index in [1.54, 1.807) is 18.7 Å². The molecule has 0 saturated carbocycles. The van der Waals surface area contributed by atoms with E-state index in [0.717, 1.165) is 0 Å². The molecule has 2 aliphatic heterocycles. The number of rotatable bonds is 3. The molecule has 0 bridgehead atoms. The van der Waals surface area contributed by atoms with Crippen LogP contribution in [0.2, 0.25) is 0 Å². The van der Waals surface area contributed by atoms with Crippen LogP contribution in [0.4, 0.5) is 13.2 Å². The van der Waals surface area contributed by atoms with Gasteiger partial charge in [0.1, 0.15) is 17.5 Å². The van der Waals surface area contributed by atoms with E-state index in [9.17, 15) is 23.1 Å². The molecule has 0 spiro atoms. The molecule has 2 aliphatic rings. The number of benzene rings is 1. The molecule has 9 heteroatoms. The summed E-state index contributed by atoms with van der Waals surface area (Å²) in [5.74, 6) is 0.243. The fourth-order valence-corrected chi connectivity index (χ4v) is 4.31. The molecule has 2 unspecified atom stereocenters. The first-order valence-electron chi connectivity index (χ1n) is 9.19. The first kappa shape index (κ1) is 21.3. The van der Waals surface area contributed by atoms with Gasteiger partial charge in [-0.25, -0.2) is 0 Å². The Morgan fingerprint density at radius 1 is 1.29 bits per heavy atom. The smallest absolute Gasteiger partial charge is 0.446 e. The third-order valence-electron chi connectivity index (χ3n) is 5.27. The van der Waals surface area contributed by atoms with Crippen LogP contribution >= 0.6 is 11.8 Å². The topological polar surface area (TPSA) is 53.0 Å². The lowest BCUT2D eigenvalue weighted by molar-refractivity contribution is -0.151. The van der Waals surface area contributed by atoms with E-state index < -0.39 is 23.3 Å². The van der Waals surface area contributed by atoms with E-state index in [1.807, 2.05) is 18.7 Å². The van der Waals surface area contributed by atoms with Gasteiger partial charge in [0.15, 0.2) is 0 Å². The van der Waals surface area contributed by atoms with Crippen molar-refractivity contribution >= 4 is 17.7 Å². The minimum atomic E-state index is -4.42. The Labute approximate surface area is 166 Å². The van der Waals surface area contributed by atoms with Crippen molar-refractivity contribution in [3.05, 3.63) is 23.8 Å². The summed E-state index contributed by atoms with van der Waals surface area (Å²) in [6, 6.07) is 3.66. The van der Waals surface area contributed by atoms with Gasteiger partial charge in [-0.15, -0.1) is 0 Å². The Morgan fingerprint density at radius 2 is 1.96 bits per heavy atom. The van der Waals surface area contributed by atoms with Gasteiger partial charge in [-0.05, 0) is 57.7 Å². The second-order valence-corrected chi connectivity index (χ2v) is 9.13. The van der Waals surface area contributed by atoms with E-state index in [4.69, 9.17) is 4.74 Å². The summed E-state index contributed by atoms with van der Waals surface area (Å²) in [5, 5.41) is 11.0. The fourth-order valence-electron chi connectivity index (χ4n) is 3.72. The number of hydrogen-bond acceptors (Lipinski definition) is 5. The number of thioether (sulfide) groups is 1. The maximum absolute atomic E-state index is 12.8. The van der Waals surface area contributed by atoms with E-state index in [1.165, 1.54) is 18.2 Å². The van der Waals surface area contributed by atoms with Gasteiger partial charge in [0, 0.05) is 29.6 Å². The van der Waals surface area contributed by atoms with Crippen molar-refractivity contribution in [3.63, 3.8) is 0 Å². The third-order valence-corrected chi connectivity index (χ3v) is 5.99. The predicted molar refractivity (Wildman–Crippen MR) is 100 cm³/mol. The van der Waals surface area contributed by atoms with Gasteiger partial charge in [0.25, 0.3) is 0 Å². The van der Waals surface area contributed by atoms with Crippen LogP contribution < -0.4 is 4.74 Å². The Bertz CT molecular complexity index is 754. The second-order valence-electron chi connectivity index (χ2n) is 7.99. The van der Waals surface area contributed by atoms with Crippen molar-refractivity contribution in [1.29, 1.82) is 0 Å². The number of hydrogen-bond donors (Lipinski definition) is 1. The highest BCUT2D eigenvalue weighted by atomic mass is 32.2. The lowest BCUT2D eigenvalue weighted by Crippen LogP contribution is -2.59. The summed E-state index contributed by atoms with van der Waals surface area (Å²) >= 11 is -0.220. The quantitative estimate of drug-likeness (QED) is 0.763. The molecular formula is C19H25F3N2O3S. The first-order valence-corrected chi connectivity index (χ1v) is 10.0. The molecule has 156 valence electrons. The third kappa shape index (κ3) is 4.26. The van der Waals surface area contributed by atoms with Gasteiger partial charge in [0.2, 0.25) is 5.91 Å². The van der Waals surface area contributed by atoms with Gasteiger partial charge in [-0.2, -0.15) is 13.2 Å². The molecule has 0 aromatic heterocycles. The lowest BCUT2D eigenvalue weighted by atomic mass is 9.85. The van der Waals surface area contributed by atoms with Crippen LogP contribution in [-0.4, -0.2) is 63.7 Å². The number of carbonyl (C=O) groups is 1. The normalized spacial score (nSPS) is 25.6. The van der Waals surface area contributed by atoms with Gasteiger partial charge in [0.05, 0.1) is 12.6 Å². The van der Waals surface area contributed by atoms with Crippen LogP contribution in [0.5, 0.6) is 5.75 Å². The van der Waals surface area contributed by atoms with Crippen LogP contribution in [0.15, 0.2) is 23.1 Å². The molecule has 0 aliphatic carbocycles. The number of piperazine rings is 1. The van der Waals surface area contributed by atoms with Crippen LogP contribution in [0.25, 0.3) is 0 Å². The number of halogens is 3. The summed E-state index contributed by atoms with van der Waals surface area (Å²) in [6.07, 6.45) is -1.07. The zero-order valence-corrected chi connectivity index (χ0v) is 17.1. The highest BCUT2D eigenvalue weighted by Gasteiger charge is 2.48. The number of alkyl halides is 3. The number of amides is 1. The van der Waals surface area contributed by atoms with E-state index in [2.05, 4.69) is 0 Å². The number of aliphatic hydroxyl groups excluding tert-OH is 1. The Balaban J connectivity index is 1.98. The number of ether oxygens (including phenoxy) is 1. The van der Waals surface area contributed by atoms with Gasteiger partial charge in [-0.3, -0.25) is 9.69 Å². The maximum Gasteiger partial charge on any atom is 0.446 e. The van der Waals surface area contributed by atoms with Crippen molar-refractivity contribution in [2.75, 3.05) is 19.6 Å². The van der Waals surface area contributed by atoms with Crippen molar-refractivity contribution in [1.82, 2.24) is 9.80 Å². The predicted octanol–water partition coefficient (Wildman–Crippen LogP) is 3.42. The van der Waals surface area contributed by atoms with Crippen molar-refractivity contribution in [3.8, 4) is 5.75 Å². The standard InChI is InChI=1S/C19H25F3N2O3S/c1-11(2)23-7-8-24(15(25)10-23)16-13-9-12(28-19(20,21)22)5-6-14(13)27-18(3,4)17(16)26/h5-6,9,11,16-17,26H,7-8,10H2,1-4H3. The number of aliphatic hydroxyl groups is 1. The van der Waals surface area contributed by atoms with Crippen molar-refractivity contribution in [2.24, 2.45) is 0 Å². The van der Waals surface area contributed by atoms with Crippen LogP contribution in [0, 0.1) is 0 Å². The summed E-state index contributed by atoms with van der Waals surface area (Å²) in [5.41, 5.74) is -4.99. The van der Waals surface area contributed by atoms with E-state index in [-0.39, 0.29) is 35.2 Å². The molecule has 1 saturated heterocycles. The minimum Gasteiger partial charge on any atom is -0.485 e. The number of fused-ring (bicyclic) bond motifs is 1. The molecule has 1 amide bonds. The van der Waals surface area contributed by atoms with Crippen molar-refractivity contribution < 1.29 is 27.8 Å². The molecule has 1 fully saturated rings. The summed E-state index contributed by atoms with van der Waals surface area (Å²) in [6.45, 7) is 8.68. The molecular weight excluding hydrogens is 393 g/mol. The Morgan fingerprint density at radius 3 is 2.54 bits per heavy atom. The maximum atomic E-state index is 12.8. The van der Waals surface area contributed by atoms with Crippen LogP contribution in [-0.2, 0) is 4.79 Å². The zero-order valence-electron chi connectivity index (χ0n) is 16.3. The van der Waals surface area contributed by atoms with E-state index in [0.29, 0.717) is 24.4 Å². The monoisotopic (exact) mass is 418 g/mol. The largest absolute Gasteiger partial charge is 0.485 e. The fraction of sp³-hybridized carbons (Fsp3) is 0.632. The molecule has 3 rings (SSSR count). The average molecular weight is 418 g/mol.